The molecule has 0 spiro atoms. The lowest BCUT2D eigenvalue weighted by atomic mass is 10.4. The van der Waals surface area contributed by atoms with Crippen molar-refractivity contribution in [1.29, 1.82) is 0 Å². The zero-order valence-electron chi connectivity index (χ0n) is 10.5. The molecule has 0 aliphatic rings. The number of halogens is 1. The van der Waals surface area contributed by atoms with Crippen LogP contribution in [-0.4, -0.2) is 19.6 Å². The molecule has 3 rings (SSSR count). The van der Waals surface area contributed by atoms with Crippen LogP contribution in [0.3, 0.4) is 0 Å². The maximum Gasteiger partial charge on any atom is 0.243 e. The van der Waals surface area contributed by atoms with Crippen LogP contribution in [-0.2, 0) is 6.54 Å². The molecule has 3 heterocycles. The number of nitrogens with one attached hydrogen (secondary N) is 1. The minimum Gasteiger partial charge on any atom is -0.444 e. The summed E-state index contributed by atoms with van der Waals surface area (Å²) in [5.41, 5.74) is 1.62. The number of hydrogen-bond acceptors (Lipinski definition) is 5. The van der Waals surface area contributed by atoms with Crippen molar-refractivity contribution in [3.05, 3.63) is 40.7 Å². The summed E-state index contributed by atoms with van der Waals surface area (Å²) in [4.78, 5) is 8.59. The van der Waals surface area contributed by atoms with Gasteiger partial charge in [-0.1, -0.05) is 11.6 Å². The Balaban J connectivity index is 1.78. The van der Waals surface area contributed by atoms with Gasteiger partial charge in [0.25, 0.3) is 0 Å². The van der Waals surface area contributed by atoms with E-state index < -0.39 is 0 Å². The van der Waals surface area contributed by atoms with Crippen molar-refractivity contribution >= 4 is 23.2 Å². The molecule has 0 atom stereocenters. The molecule has 19 heavy (non-hydrogen) atoms. The smallest absolute Gasteiger partial charge is 0.243 e. The van der Waals surface area contributed by atoms with E-state index in [1.165, 1.54) is 0 Å². The van der Waals surface area contributed by atoms with E-state index in [0.717, 1.165) is 17.1 Å². The minimum atomic E-state index is 0.444. The van der Waals surface area contributed by atoms with E-state index in [9.17, 15) is 0 Å². The van der Waals surface area contributed by atoms with Crippen molar-refractivity contribution in [2.75, 3.05) is 5.32 Å². The van der Waals surface area contributed by atoms with Crippen LogP contribution in [0.15, 0.2) is 22.7 Å². The number of aromatic nitrogens is 4. The summed E-state index contributed by atoms with van der Waals surface area (Å²) in [6.07, 6.45) is 1.70. The van der Waals surface area contributed by atoms with Crippen LogP contribution >= 0.6 is 11.6 Å². The molecular formula is C12H12ClN5O. The van der Waals surface area contributed by atoms with Crippen molar-refractivity contribution in [3.8, 4) is 0 Å². The Morgan fingerprint density at radius 1 is 1.32 bits per heavy atom. The summed E-state index contributed by atoms with van der Waals surface area (Å²) < 4.78 is 7.09. The maximum atomic E-state index is 5.89. The van der Waals surface area contributed by atoms with E-state index in [1.807, 2.05) is 13.8 Å². The summed E-state index contributed by atoms with van der Waals surface area (Å²) in [5, 5.41) is 7.94. The Kier molecular flexibility index (Phi) is 2.87. The van der Waals surface area contributed by atoms with Crippen LogP contribution in [0.2, 0.25) is 5.02 Å². The van der Waals surface area contributed by atoms with E-state index in [2.05, 4.69) is 20.4 Å². The quantitative estimate of drug-likeness (QED) is 0.797. The molecule has 0 saturated carbocycles. The van der Waals surface area contributed by atoms with Gasteiger partial charge in [-0.05, 0) is 26.0 Å². The first-order chi connectivity index (χ1) is 9.11. The molecule has 3 aromatic rings. The second-order valence-electron chi connectivity index (χ2n) is 4.19. The fourth-order valence-electron chi connectivity index (χ4n) is 1.70. The topological polar surface area (TPSA) is 68.2 Å². The number of anilines is 1. The highest BCUT2D eigenvalue weighted by molar-refractivity contribution is 6.30. The van der Waals surface area contributed by atoms with Gasteiger partial charge in [0.15, 0.2) is 5.65 Å². The van der Waals surface area contributed by atoms with Crippen molar-refractivity contribution in [2.24, 2.45) is 0 Å². The van der Waals surface area contributed by atoms with Crippen LogP contribution < -0.4 is 5.32 Å². The highest BCUT2D eigenvalue weighted by atomic mass is 35.5. The van der Waals surface area contributed by atoms with Gasteiger partial charge in [-0.3, -0.25) is 0 Å². The molecule has 0 bridgehead atoms. The van der Waals surface area contributed by atoms with Crippen LogP contribution in [0.5, 0.6) is 0 Å². The van der Waals surface area contributed by atoms with Crippen LogP contribution in [0.25, 0.3) is 5.65 Å². The molecular weight excluding hydrogens is 266 g/mol. The lowest BCUT2D eigenvalue weighted by Gasteiger charge is -1.95. The first-order valence-electron chi connectivity index (χ1n) is 5.80. The average molecular weight is 278 g/mol. The van der Waals surface area contributed by atoms with Gasteiger partial charge in [0.2, 0.25) is 11.8 Å². The standard InChI is InChI=1S/C12H12ClN5O/c1-7-8(2)19-11(15-7)5-14-12-16-10-4-3-9(13)6-18(10)17-12/h3-4,6H,5H2,1-2H3,(H,14,17). The maximum absolute atomic E-state index is 5.89. The Morgan fingerprint density at radius 2 is 2.16 bits per heavy atom. The van der Waals surface area contributed by atoms with Gasteiger partial charge in [0.05, 0.1) is 17.3 Å². The van der Waals surface area contributed by atoms with Gasteiger partial charge in [-0.25, -0.2) is 9.50 Å². The summed E-state index contributed by atoms with van der Waals surface area (Å²) in [5.74, 6) is 1.95. The first kappa shape index (κ1) is 12.0. The Bertz CT molecular complexity index is 713. The third kappa shape index (κ3) is 2.39. The molecule has 0 unspecified atom stereocenters. The lowest BCUT2D eigenvalue weighted by Crippen LogP contribution is -2.01. The van der Waals surface area contributed by atoms with Gasteiger partial charge in [-0.2, -0.15) is 4.98 Å². The van der Waals surface area contributed by atoms with E-state index in [0.29, 0.717) is 23.4 Å². The fraction of sp³-hybridized carbons (Fsp3) is 0.250. The largest absolute Gasteiger partial charge is 0.444 e. The second kappa shape index (κ2) is 4.55. The minimum absolute atomic E-state index is 0.444. The molecule has 1 N–H and O–H groups in total. The number of rotatable bonds is 3. The Morgan fingerprint density at radius 3 is 2.89 bits per heavy atom. The third-order valence-electron chi connectivity index (χ3n) is 2.77. The summed E-state index contributed by atoms with van der Waals surface area (Å²) in [6, 6.07) is 3.58. The van der Waals surface area contributed by atoms with E-state index in [4.69, 9.17) is 16.0 Å². The number of hydrogen-bond donors (Lipinski definition) is 1. The number of pyridine rings is 1. The number of aryl methyl sites for hydroxylation is 2. The van der Waals surface area contributed by atoms with Crippen molar-refractivity contribution < 1.29 is 4.42 Å². The van der Waals surface area contributed by atoms with Gasteiger partial charge in [-0.15, -0.1) is 5.10 Å². The molecule has 0 aromatic carbocycles. The summed E-state index contributed by atoms with van der Waals surface area (Å²) in [6.45, 7) is 4.24. The Hall–Kier alpha value is -2.08. The molecule has 0 fully saturated rings. The van der Waals surface area contributed by atoms with Gasteiger partial charge in [0.1, 0.15) is 5.76 Å². The predicted octanol–water partition coefficient (Wildman–Crippen LogP) is 2.60. The number of nitrogens with zero attached hydrogens (tertiary/aromatic N) is 4. The fourth-order valence-corrected chi connectivity index (χ4v) is 1.86. The SMILES string of the molecule is Cc1nc(CNc2nc3ccc(Cl)cn3n2)oc1C. The number of oxazole rings is 1. The van der Waals surface area contributed by atoms with Gasteiger partial charge in [0, 0.05) is 6.20 Å². The van der Waals surface area contributed by atoms with Crippen LogP contribution in [0, 0.1) is 13.8 Å². The van der Waals surface area contributed by atoms with E-state index in [1.54, 1.807) is 22.8 Å². The monoisotopic (exact) mass is 277 g/mol. The molecule has 7 heteroatoms. The molecule has 0 saturated heterocycles. The van der Waals surface area contributed by atoms with Crippen LogP contribution in [0.1, 0.15) is 17.3 Å². The molecule has 6 nitrogen and oxygen atoms in total. The molecule has 0 aliphatic heterocycles. The predicted molar refractivity (Wildman–Crippen MR) is 71.3 cm³/mol. The average Bonchev–Trinajstić information content (AvgIpc) is 2.90. The molecule has 0 radical (unpaired) electrons. The first-order valence-corrected chi connectivity index (χ1v) is 6.18. The highest BCUT2D eigenvalue weighted by Gasteiger charge is 2.07. The van der Waals surface area contributed by atoms with Gasteiger partial charge < -0.3 is 9.73 Å². The van der Waals surface area contributed by atoms with Crippen molar-refractivity contribution in [1.82, 2.24) is 19.6 Å². The summed E-state index contributed by atoms with van der Waals surface area (Å²) in [7, 11) is 0. The third-order valence-corrected chi connectivity index (χ3v) is 2.99. The Labute approximate surface area is 114 Å². The normalized spacial score (nSPS) is 11.1. The molecule has 3 aromatic heterocycles. The second-order valence-corrected chi connectivity index (χ2v) is 4.62. The zero-order valence-corrected chi connectivity index (χ0v) is 11.3. The highest BCUT2D eigenvalue weighted by Crippen LogP contribution is 2.13. The van der Waals surface area contributed by atoms with Crippen molar-refractivity contribution in [3.63, 3.8) is 0 Å². The molecule has 0 amide bonds. The molecule has 0 aliphatic carbocycles. The summed E-state index contributed by atoms with van der Waals surface area (Å²) >= 11 is 5.89. The van der Waals surface area contributed by atoms with E-state index in [-0.39, 0.29) is 0 Å². The zero-order chi connectivity index (χ0) is 13.4. The van der Waals surface area contributed by atoms with Gasteiger partial charge >= 0.3 is 0 Å². The number of fused-ring (bicyclic) bond motifs is 1. The molecule has 98 valence electrons. The lowest BCUT2D eigenvalue weighted by molar-refractivity contribution is 0.478. The van der Waals surface area contributed by atoms with Crippen molar-refractivity contribution in [2.45, 2.75) is 20.4 Å². The van der Waals surface area contributed by atoms with E-state index >= 15 is 0 Å². The van der Waals surface area contributed by atoms with Crippen LogP contribution in [0.4, 0.5) is 5.95 Å².